The maximum atomic E-state index is 8.25. The van der Waals surface area contributed by atoms with E-state index in [4.69, 9.17) is 5.26 Å². The fourth-order valence-electron chi connectivity index (χ4n) is 0.437. The Bertz CT molecular complexity index is 134. The van der Waals surface area contributed by atoms with E-state index in [1.165, 1.54) is 0 Å². The molecule has 0 saturated carbocycles. The van der Waals surface area contributed by atoms with Crippen molar-refractivity contribution < 1.29 is 0 Å². The average molecular weight is 142 g/mol. The fraction of sp³-hybridized carbons (Fsp3) is 0.667. The second-order valence-corrected chi connectivity index (χ2v) is 2.29. The molecule has 0 spiro atoms. The van der Waals surface area contributed by atoms with Crippen LogP contribution in [0.1, 0.15) is 13.3 Å². The van der Waals surface area contributed by atoms with E-state index in [2.05, 4.69) is 11.1 Å². The molecule has 0 aromatic heterocycles. The first-order chi connectivity index (χ1) is 4.35. The van der Waals surface area contributed by atoms with Crippen molar-refractivity contribution in [2.75, 3.05) is 12.8 Å². The second-order valence-electron chi connectivity index (χ2n) is 1.41. The molecule has 0 aromatic rings. The van der Waals surface area contributed by atoms with Crippen LogP contribution in [0.15, 0.2) is 4.99 Å². The van der Waals surface area contributed by atoms with E-state index in [0.717, 1.165) is 11.6 Å². The Morgan fingerprint density at radius 2 is 2.44 bits per heavy atom. The maximum Gasteiger partial charge on any atom is 0.0831 e. The van der Waals surface area contributed by atoms with Crippen LogP contribution in [0.5, 0.6) is 0 Å². The normalized spacial score (nSPS) is 11.0. The van der Waals surface area contributed by atoms with Gasteiger partial charge in [0.25, 0.3) is 0 Å². The summed E-state index contributed by atoms with van der Waals surface area (Å²) in [5.74, 6) is 0. The number of nitriles is 1. The SMILES string of the molecule is CCN=C(CC#N)SC. The Labute approximate surface area is 60.0 Å². The summed E-state index contributed by atoms with van der Waals surface area (Å²) < 4.78 is 0. The lowest BCUT2D eigenvalue weighted by atomic mass is 10.5. The third-order valence-corrected chi connectivity index (χ3v) is 1.55. The molecular weight excluding hydrogens is 132 g/mol. The molecule has 0 aliphatic heterocycles. The highest BCUT2D eigenvalue weighted by atomic mass is 32.2. The van der Waals surface area contributed by atoms with Gasteiger partial charge in [-0.05, 0) is 13.2 Å². The number of nitrogens with zero attached hydrogens (tertiary/aromatic N) is 2. The van der Waals surface area contributed by atoms with Crippen LogP contribution < -0.4 is 0 Å². The highest BCUT2D eigenvalue weighted by Crippen LogP contribution is 2.01. The lowest BCUT2D eigenvalue weighted by molar-refractivity contribution is 1.13. The van der Waals surface area contributed by atoms with Gasteiger partial charge in [0, 0.05) is 6.54 Å². The van der Waals surface area contributed by atoms with Crippen LogP contribution in [0.2, 0.25) is 0 Å². The van der Waals surface area contributed by atoms with E-state index in [1.807, 2.05) is 13.2 Å². The van der Waals surface area contributed by atoms with Crippen molar-refractivity contribution in [3.63, 3.8) is 0 Å². The van der Waals surface area contributed by atoms with Crippen LogP contribution in [0.25, 0.3) is 0 Å². The second kappa shape index (κ2) is 5.64. The van der Waals surface area contributed by atoms with Crippen molar-refractivity contribution in [1.82, 2.24) is 0 Å². The van der Waals surface area contributed by atoms with Crippen LogP contribution >= 0.6 is 11.8 Å². The van der Waals surface area contributed by atoms with Gasteiger partial charge in [-0.15, -0.1) is 11.8 Å². The Balaban J connectivity index is 3.70. The first-order valence-corrected chi connectivity index (χ1v) is 4.01. The van der Waals surface area contributed by atoms with E-state index < -0.39 is 0 Å². The molecule has 0 atom stereocenters. The lowest BCUT2D eigenvalue weighted by Crippen LogP contribution is -1.89. The summed E-state index contributed by atoms with van der Waals surface area (Å²) >= 11 is 1.55. The summed E-state index contributed by atoms with van der Waals surface area (Å²) in [6, 6.07) is 2.05. The van der Waals surface area contributed by atoms with Crippen molar-refractivity contribution >= 4 is 16.8 Å². The monoisotopic (exact) mass is 142 g/mol. The van der Waals surface area contributed by atoms with Crippen LogP contribution in [-0.2, 0) is 0 Å². The summed E-state index contributed by atoms with van der Waals surface area (Å²) in [7, 11) is 0. The molecule has 0 N–H and O–H groups in total. The van der Waals surface area contributed by atoms with E-state index >= 15 is 0 Å². The zero-order chi connectivity index (χ0) is 7.11. The van der Waals surface area contributed by atoms with Gasteiger partial charge < -0.3 is 0 Å². The zero-order valence-electron chi connectivity index (χ0n) is 5.72. The predicted molar refractivity (Wildman–Crippen MR) is 41.7 cm³/mol. The van der Waals surface area contributed by atoms with E-state index in [1.54, 1.807) is 11.8 Å². The van der Waals surface area contributed by atoms with Gasteiger partial charge in [0.1, 0.15) is 0 Å². The molecule has 0 rings (SSSR count). The van der Waals surface area contributed by atoms with Gasteiger partial charge in [-0.25, -0.2) is 0 Å². The molecule has 0 fully saturated rings. The Kier molecular flexibility index (Phi) is 5.34. The van der Waals surface area contributed by atoms with Gasteiger partial charge in [0.05, 0.1) is 17.5 Å². The maximum absolute atomic E-state index is 8.25. The van der Waals surface area contributed by atoms with Gasteiger partial charge >= 0.3 is 0 Å². The number of rotatable bonds is 2. The molecule has 0 radical (unpaired) electrons. The quantitative estimate of drug-likeness (QED) is 0.434. The molecule has 2 nitrogen and oxygen atoms in total. The summed E-state index contributed by atoms with van der Waals surface area (Å²) in [5, 5.41) is 9.18. The summed E-state index contributed by atoms with van der Waals surface area (Å²) in [6.45, 7) is 2.74. The minimum atomic E-state index is 0.453. The molecule has 0 bridgehead atoms. The van der Waals surface area contributed by atoms with Crippen molar-refractivity contribution in [2.24, 2.45) is 4.99 Å². The largest absolute Gasteiger partial charge is 0.282 e. The summed E-state index contributed by atoms with van der Waals surface area (Å²) in [6.07, 6.45) is 2.39. The van der Waals surface area contributed by atoms with Gasteiger partial charge in [0.2, 0.25) is 0 Å². The van der Waals surface area contributed by atoms with Crippen LogP contribution in [-0.4, -0.2) is 17.8 Å². The molecule has 0 amide bonds. The van der Waals surface area contributed by atoms with Gasteiger partial charge in [-0.2, -0.15) is 5.26 Å². The van der Waals surface area contributed by atoms with Gasteiger partial charge in [-0.3, -0.25) is 4.99 Å². The third kappa shape index (κ3) is 4.04. The molecule has 3 heteroatoms. The number of hydrogen-bond acceptors (Lipinski definition) is 3. The standard InChI is InChI=1S/C6H10N2S/c1-3-8-6(9-2)4-5-7/h3-4H2,1-2H3. The minimum Gasteiger partial charge on any atom is -0.282 e. The van der Waals surface area contributed by atoms with Crippen molar-refractivity contribution in [1.29, 1.82) is 5.26 Å². The van der Waals surface area contributed by atoms with Crippen LogP contribution in [0.4, 0.5) is 0 Å². The van der Waals surface area contributed by atoms with Crippen molar-refractivity contribution in [3.05, 3.63) is 0 Å². The Morgan fingerprint density at radius 3 is 2.78 bits per heavy atom. The number of aliphatic imine (C=N–C) groups is 1. The highest BCUT2D eigenvalue weighted by molar-refractivity contribution is 8.13. The third-order valence-electron chi connectivity index (χ3n) is 0.800. The van der Waals surface area contributed by atoms with Crippen molar-refractivity contribution in [3.8, 4) is 6.07 Å². The molecule has 0 unspecified atom stereocenters. The predicted octanol–water partition coefficient (Wildman–Crippen LogP) is 1.68. The zero-order valence-corrected chi connectivity index (χ0v) is 6.53. The minimum absolute atomic E-state index is 0.453. The van der Waals surface area contributed by atoms with Crippen LogP contribution in [0, 0.1) is 11.3 Å². The lowest BCUT2D eigenvalue weighted by Gasteiger charge is -1.92. The Hall–Kier alpha value is -0.490. The topological polar surface area (TPSA) is 36.1 Å². The summed E-state index contributed by atoms with van der Waals surface area (Å²) in [5.41, 5.74) is 0. The van der Waals surface area contributed by atoms with Crippen LogP contribution in [0.3, 0.4) is 0 Å². The molecule has 0 aliphatic rings. The summed E-state index contributed by atoms with van der Waals surface area (Å²) in [4.78, 5) is 4.09. The van der Waals surface area contributed by atoms with E-state index in [0.29, 0.717) is 6.42 Å². The molecule has 50 valence electrons. The Morgan fingerprint density at radius 1 is 1.78 bits per heavy atom. The molecule has 0 heterocycles. The number of hydrogen-bond donors (Lipinski definition) is 0. The molecule has 0 aliphatic carbocycles. The number of thioether (sulfide) groups is 1. The smallest absolute Gasteiger partial charge is 0.0831 e. The highest BCUT2D eigenvalue weighted by Gasteiger charge is 1.91. The van der Waals surface area contributed by atoms with Gasteiger partial charge in [0.15, 0.2) is 0 Å². The molecular formula is C6H10N2S. The van der Waals surface area contributed by atoms with Gasteiger partial charge in [-0.1, -0.05) is 0 Å². The van der Waals surface area contributed by atoms with E-state index in [9.17, 15) is 0 Å². The molecule has 9 heavy (non-hydrogen) atoms. The first-order valence-electron chi connectivity index (χ1n) is 2.79. The molecule has 0 saturated heterocycles. The average Bonchev–Trinajstić information content (AvgIpc) is 1.88. The van der Waals surface area contributed by atoms with Crippen molar-refractivity contribution in [2.45, 2.75) is 13.3 Å². The fourth-order valence-corrected chi connectivity index (χ4v) is 0.904. The molecule has 0 aromatic carbocycles. The van der Waals surface area contributed by atoms with E-state index in [-0.39, 0.29) is 0 Å². The first kappa shape index (κ1) is 8.51.